The van der Waals surface area contributed by atoms with Crippen LogP contribution in [-0.2, 0) is 14.2 Å². The van der Waals surface area contributed by atoms with Crippen LogP contribution in [0.4, 0.5) is 5.69 Å². The number of hydrogen-bond donors (Lipinski definition) is 1. The Morgan fingerprint density at radius 3 is 2.27 bits per heavy atom. The third-order valence-corrected chi connectivity index (χ3v) is 2.89. The summed E-state index contributed by atoms with van der Waals surface area (Å²) < 4.78 is 15.9. The SMILES string of the molecule is CCOCCOCCOCCNc1cccc(C=O)c1C=O. The summed E-state index contributed by atoms with van der Waals surface area (Å²) in [5.74, 6) is 0. The molecule has 22 heavy (non-hydrogen) atoms. The van der Waals surface area contributed by atoms with Crippen molar-refractivity contribution in [2.45, 2.75) is 6.92 Å². The largest absolute Gasteiger partial charge is 0.382 e. The van der Waals surface area contributed by atoms with Crippen LogP contribution >= 0.6 is 0 Å². The summed E-state index contributed by atoms with van der Waals surface area (Å²) in [5.41, 5.74) is 1.39. The summed E-state index contributed by atoms with van der Waals surface area (Å²) in [4.78, 5) is 21.9. The summed E-state index contributed by atoms with van der Waals surface area (Å²) in [7, 11) is 0. The Labute approximate surface area is 130 Å². The Hall–Kier alpha value is -1.76. The second-order valence-corrected chi connectivity index (χ2v) is 4.39. The lowest BCUT2D eigenvalue weighted by atomic mass is 10.1. The summed E-state index contributed by atoms with van der Waals surface area (Å²) in [6.07, 6.45) is 1.35. The second-order valence-electron chi connectivity index (χ2n) is 4.39. The van der Waals surface area contributed by atoms with E-state index >= 15 is 0 Å². The van der Waals surface area contributed by atoms with Gasteiger partial charge in [0.15, 0.2) is 12.6 Å². The zero-order chi connectivity index (χ0) is 16.0. The average Bonchev–Trinajstić information content (AvgIpc) is 2.56. The molecule has 0 amide bonds. The molecule has 0 aliphatic rings. The topological polar surface area (TPSA) is 73.9 Å². The Morgan fingerprint density at radius 1 is 0.955 bits per heavy atom. The first-order chi connectivity index (χ1) is 10.8. The molecule has 0 saturated carbocycles. The van der Waals surface area contributed by atoms with Crippen molar-refractivity contribution in [1.29, 1.82) is 0 Å². The van der Waals surface area contributed by atoms with Crippen LogP contribution in [0.1, 0.15) is 27.6 Å². The Balaban J connectivity index is 2.15. The van der Waals surface area contributed by atoms with Gasteiger partial charge in [0.05, 0.1) is 33.0 Å². The number of aldehydes is 2. The summed E-state index contributed by atoms with van der Waals surface area (Å²) >= 11 is 0. The molecule has 1 aromatic carbocycles. The van der Waals surface area contributed by atoms with E-state index in [9.17, 15) is 9.59 Å². The maximum atomic E-state index is 11.0. The van der Waals surface area contributed by atoms with Crippen molar-refractivity contribution in [3.8, 4) is 0 Å². The van der Waals surface area contributed by atoms with Crippen molar-refractivity contribution in [2.24, 2.45) is 0 Å². The number of anilines is 1. The minimum atomic E-state index is 0.372. The van der Waals surface area contributed by atoms with Crippen molar-refractivity contribution in [2.75, 3.05) is 51.5 Å². The fourth-order valence-electron chi connectivity index (χ4n) is 1.81. The van der Waals surface area contributed by atoms with Gasteiger partial charge in [0.25, 0.3) is 0 Å². The Kier molecular flexibility index (Phi) is 9.85. The fraction of sp³-hybridized carbons (Fsp3) is 0.500. The van der Waals surface area contributed by atoms with Crippen molar-refractivity contribution < 1.29 is 23.8 Å². The van der Waals surface area contributed by atoms with Crippen LogP contribution in [-0.4, -0.2) is 58.8 Å². The third-order valence-electron chi connectivity index (χ3n) is 2.89. The molecule has 6 heteroatoms. The zero-order valence-corrected chi connectivity index (χ0v) is 12.9. The molecular formula is C16H23NO5. The lowest BCUT2D eigenvalue weighted by Crippen LogP contribution is -2.14. The first kappa shape index (κ1) is 18.3. The van der Waals surface area contributed by atoms with Gasteiger partial charge in [-0.25, -0.2) is 0 Å². The number of hydrogen-bond acceptors (Lipinski definition) is 6. The van der Waals surface area contributed by atoms with Crippen molar-refractivity contribution in [3.63, 3.8) is 0 Å². The summed E-state index contributed by atoms with van der Waals surface area (Å²) in [5, 5.41) is 3.08. The van der Waals surface area contributed by atoms with Gasteiger partial charge in [0.2, 0.25) is 0 Å². The highest BCUT2D eigenvalue weighted by molar-refractivity contribution is 5.95. The van der Waals surface area contributed by atoms with Crippen LogP contribution < -0.4 is 5.32 Å². The van der Waals surface area contributed by atoms with Crippen LogP contribution in [0.2, 0.25) is 0 Å². The van der Waals surface area contributed by atoms with Gasteiger partial charge in [-0.3, -0.25) is 9.59 Å². The zero-order valence-electron chi connectivity index (χ0n) is 12.9. The predicted molar refractivity (Wildman–Crippen MR) is 83.8 cm³/mol. The fourth-order valence-corrected chi connectivity index (χ4v) is 1.81. The first-order valence-corrected chi connectivity index (χ1v) is 7.34. The van der Waals surface area contributed by atoms with Gasteiger partial charge in [-0.2, -0.15) is 0 Å². The van der Waals surface area contributed by atoms with Crippen LogP contribution in [0.3, 0.4) is 0 Å². The predicted octanol–water partition coefficient (Wildman–Crippen LogP) is 1.79. The van der Waals surface area contributed by atoms with E-state index in [1.54, 1.807) is 18.2 Å². The highest BCUT2D eigenvalue weighted by Gasteiger charge is 2.06. The highest BCUT2D eigenvalue weighted by Crippen LogP contribution is 2.16. The highest BCUT2D eigenvalue weighted by atomic mass is 16.5. The van der Waals surface area contributed by atoms with E-state index in [0.29, 0.717) is 75.6 Å². The van der Waals surface area contributed by atoms with Crippen LogP contribution in [0.15, 0.2) is 18.2 Å². The van der Waals surface area contributed by atoms with E-state index in [-0.39, 0.29) is 0 Å². The molecule has 0 radical (unpaired) electrons. The first-order valence-electron chi connectivity index (χ1n) is 7.34. The van der Waals surface area contributed by atoms with Gasteiger partial charge >= 0.3 is 0 Å². The van der Waals surface area contributed by atoms with E-state index in [0.717, 1.165) is 0 Å². The molecular weight excluding hydrogens is 286 g/mol. The van der Waals surface area contributed by atoms with Crippen LogP contribution in [0.5, 0.6) is 0 Å². The molecule has 0 saturated heterocycles. The van der Waals surface area contributed by atoms with Gasteiger partial charge in [0.1, 0.15) is 0 Å². The quantitative estimate of drug-likeness (QED) is 0.442. The van der Waals surface area contributed by atoms with E-state index in [4.69, 9.17) is 14.2 Å². The molecule has 0 fully saturated rings. The third kappa shape index (κ3) is 6.80. The molecule has 0 aliphatic carbocycles. The Bertz CT molecular complexity index is 450. The number of ether oxygens (including phenoxy) is 3. The number of carbonyl (C=O) groups is 2. The maximum absolute atomic E-state index is 11.0. The van der Waals surface area contributed by atoms with Crippen molar-refractivity contribution in [1.82, 2.24) is 0 Å². The molecule has 0 bridgehead atoms. The standard InChI is InChI=1S/C16H23NO5/c1-2-20-8-9-22-11-10-21-7-6-17-16-5-3-4-14(12-18)15(16)13-19/h3-5,12-13,17H,2,6-11H2,1H3. The lowest BCUT2D eigenvalue weighted by molar-refractivity contribution is 0.0189. The number of carbonyl (C=O) groups excluding carboxylic acids is 2. The molecule has 0 aromatic heterocycles. The lowest BCUT2D eigenvalue weighted by Gasteiger charge is -2.10. The van der Waals surface area contributed by atoms with Gasteiger partial charge < -0.3 is 19.5 Å². The van der Waals surface area contributed by atoms with E-state index in [1.807, 2.05) is 6.92 Å². The number of benzene rings is 1. The maximum Gasteiger partial charge on any atom is 0.152 e. The summed E-state index contributed by atoms with van der Waals surface area (Å²) in [6, 6.07) is 5.09. The van der Waals surface area contributed by atoms with Gasteiger partial charge in [-0.15, -0.1) is 0 Å². The monoisotopic (exact) mass is 309 g/mol. The summed E-state index contributed by atoms with van der Waals surface area (Å²) in [6.45, 7) is 5.85. The molecule has 1 N–H and O–H groups in total. The van der Waals surface area contributed by atoms with E-state index in [1.165, 1.54) is 0 Å². The van der Waals surface area contributed by atoms with Crippen LogP contribution in [0, 0.1) is 0 Å². The molecule has 1 aromatic rings. The van der Waals surface area contributed by atoms with E-state index < -0.39 is 0 Å². The number of rotatable bonds is 13. The van der Waals surface area contributed by atoms with E-state index in [2.05, 4.69) is 5.32 Å². The molecule has 0 atom stereocenters. The van der Waals surface area contributed by atoms with Crippen molar-refractivity contribution >= 4 is 18.3 Å². The average molecular weight is 309 g/mol. The second kappa shape index (κ2) is 11.9. The van der Waals surface area contributed by atoms with Gasteiger partial charge in [-0.05, 0) is 13.0 Å². The Morgan fingerprint density at radius 2 is 1.64 bits per heavy atom. The molecule has 0 spiro atoms. The van der Waals surface area contributed by atoms with Crippen LogP contribution in [0.25, 0.3) is 0 Å². The molecule has 6 nitrogen and oxygen atoms in total. The minimum Gasteiger partial charge on any atom is -0.382 e. The minimum absolute atomic E-state index is 0.372. The number of nitrogens with one attached hydrogen (secondary N) is 1. The molecule has 1 rings (SSSR count). The van der Waals surface area contributed by atoms with Gasteiger partial charge in [-0.1, -0.05) is 12.1 Å². The molecule has 122 valence electrons. The normalized spacial score (nSPS) is 10.4. The van der Waals surface area contributed by atoms with Gasteiger partial charge in [0, 0.05) is 30.0 Å². The van der Waals surface area contributed by atoms with Crippen molar-refractivity contribution in [3.05, 3.63) is 29.3 Å². The molecule has 0 heterocycles. The molecule has 0 aliphatic heterocycles. The molecule has 0 unspecified atom stereocenters. The smallest absolute Gasteiger partial charge is 0.152 e.